The molecule has 3 fully saturated rings. The quantitative estimate of drug-likeness (QED) is 0.699. The fraction of sp³-hybridized carbons (Fsp3) is 1.00. The molecule has 3 nitrogen and oxygen atoms in total. The first-order valence-electron chi connectivity index (χ1n) is 7.40. The molecule has 98 valence electrons. The molecule has 0 aromatic carbocycles. The van der Waals surface area contributed by atoms with Gasteiger partial charge in [-0.15, -0.1) is 0 Å². The number of fused-ring (bicyclic) bond motifs is 2. The maximum Gasteiger partial charge on any atom is 0.0827 e. The van der Waals surface area contributed by atoms with Crippen molar-refractivity contribution in [3.05, 3.63) is 0 Å². The molecule has 17 heavy (non-hydrogen) atoms. The normalized spacial score (nSPS) is 44.1. The van der Waals surface area contributed by atoms with Gasteiger partial charge in [-0.3, -0.25) is 0 Å². The van der Waals surface area contributed by atoms with Crippen molar-refractivity contribution in [2.24, 2.45) is 11.7 Å². The van der Waals surface area contributed by atoms with Gasteiger partial charge in [0.05, 0.1) is 5.60 Å². The molecule has 3 atom stereocenters. The summed E-state index contributed by atoms with van der Waals surface area (Å²) in [6.07, 6.45) is 10.6. The van der Waals surface area contributed by atoms with E-state index in [2.05, 4.69) is 5.32 Å². The third-order valence-electron chi connectivity index (χ3n) is 5.29. The highest BCUT2D eigenvalue weighted by Crippen LogP contribution is 2.38. The van der Waals surface area contributed by atoms with Crippen molar-refractivity contribution in [3.8, 4) is 0 Å². The lowest BCUT2D eigenvalue weighted by Crippen LogP contribution is -2.57. The molecular formula is C14H26N2O. The molecule has 4 N–H and O–H groups in total. The van der Waals surface area contributed by atoms with Gasteiger partial charge in [-0.1, -0.05) is 25.7 Å². The topological polar surface area (TPSA) is 58.3 Å². The Morgan fingerprint density at radius 1 is 1.12 bits per heavy atom. The molecule has 3 rings (SSSR count). The number of piperidine rings is 1. The van der Waals surface area contributed by atoms with Crippen LogP contribution in [0.2, 0.25) is 0 Å². The number of hydrogen-bond acceptors (Lipinski definition) is 3. The van der Waals surface area contributed by atoms with Gasteiger partial charge >= 0.3 is 0 Å². The monoisotopic (exact) mass is 238 g/mol. The van der Waals surface area contributed by atoms with E-state index >= 15 is 0 Å². The number of hydrogen-bond donors (Lipinski definition) is 3. The van der Waals surface area contributed by atoms with Crippen molar-refractivity contribution in [2.75, 3.05) is 0 Å². The number of aliphatic hydroxyl groups is 1. The first-order chi connectivity index (χ1) is 8.16. The van der Waals surface area contributed by atoms with Gasteiger partial charge in [-0.25, -0.2) is 0 Å². The summed E-state index contributed by atoms with van der Waals surface area (Å²) < 4.78 is 0. The van der Waals surface area contributed by atoms with Crippen LogP contribution in [0, 0.1) is 5.92 Å². The minimum atomic E-state index is -0.584. The van der Waals surface area contributed by atoms with Gasteiger partial charge in [0.1, 0.15) is 0 Å². The summed E-state index contributed by atoms with van der Waals surface area (Å²) in [5.41, 5.74) is 5.75. The zero-order chi connectivity index (χ0) is 11.9. The predicted molar refractivity (Wildman–Crippen MR) is 68.7 cm³/mol. The molecule has 3 aliphatic rings. The van der Waals surface area contributed by atoms with Crippen LogP contribution in [0.25, 0.3) is 0 Å². The van der Waals surface area contributed by atoms with Crippen molar-refractivity contribution < 1.29 is 5.11 Å². The summed E-state index contributed by atoms with van der Waals surface area (Å²) in [4.78, 5) is 0. The SMILES string of the molecule is NC(CC1CCCC1)C1(O)CC2CCC(C1)N2. The Morgan fingerprint density at radius 3 is 2.29 bits per heavy atom. The second-order valence-corrected chi connectivity index (χ2v) is 6.64. The molecular weight excluding hydrogens is 212 g/mol. The highest BCUT2D eigenvalue weighted by molar-refractivity contribution is 5.04. The van der Waals surface area contributed by atoms with Crippen molar-refractivity contribution >= 4 is 0 Å². The van der Waals surface area contributed by atoms with Crippen LogP contribution in [0.5, 0.6) is 0 Å². The second-order valence-electron chi connectivity index (χ2n) is 6.64. The third-order valence-corrected chi connectivity index (χ3v) is 5.29. The molecule has 3 heteroatoms. The molecule has 3 unspecified atom stereocenters. The van der Waals surface area contributed by atoms with E-state index in [1.165, 1.54) is 38.5 Å². The first-order valence-corrected chi connectivity index (χ1v) is 7.40. The lowest BCUT2D eigenvalue weighted by atomic mass is 9.78. The summed E-state index contributed by atoms with van der Waals surface area (Å²) in [5.74, 6) is 0.779. The Bertz CT molecular complexity index is 263. The van der Waals surface area contributed by atoms with Gasteiger partial charge in [-0.05, 0) is 38.0 Å². The van der Waals surface area contributed by atoms with Crippen LogP contribution in [0.3, 0.4) is 0 Å². The minimum absolute atomic E-state index is 0.00389. The van der Waals surface area contributed by atoms with Crippen molar-refractivity contribution in [2.45, 2.75) is 81.5 Å². The summed E-state index contributed by atoms with van der Waals surface area (Å²) in [6, 6.07) is 1.04. The molecule has 0 spiro atoms. The summed E-state index contributed by atoms with van der Waals surface area (Å²) >= 11 is 0. The highest BCUT2D eigenvalue weighted by Gasteiger charge is 2.46. The predicted octanol–water partition coefficient (Wildman–Crippen LogP) is 1.54. The molecule has 2 saturated heterocycles. The smallest absolute Gasteiger partial charge is 0.0827 e. The standard InChI is InChI=1S/C14H26N2O/c15-13(7-10-3-1-2-4-10)14(17)8-11-5-6-12(9-14)16-11/h10-13,16-17H,1-9,15H2. The Morgan fingerprint density at radius 2 is 1.71 bits per heavy atom. The fourth-order valence-electron chi connectivity index (χ4n) is 4.29. The number of rotatable bonds is 3. The summed E-state index contributed by atoms with van der Waals surface area (Å²) in [6.45, 7) is 0. The maximum atomic E-state index is 10.8. The Hall–Kier alpha value is -0.120. The summed E-state index contributed by atoms with van der Waals surface area (Å²) in [7, 11) is 0. The molecule has 2 aliphatic heterocycles. The molecule has 0 amide bonds. The molecule has 1 saturated carbocycles. The van der Waals surface area contributed by atoms with Gasteiger partial charge in [0, 0.05) is 18.1 Å². The van der Waals surface area contributed by atoms with E-state index in [4.69, 9.17) is 5.73 Å². The lowest BCUT2D eigenvalue weighted by Gasteiger charge is -2.42. The molecule has 0 aromatic heterocycles. The molecule has 2 heterocycles. The van der Waals surface area contributed by atoms with E-state index in [1.54, 1.807) is 0 Å². The van der Waals surface area contributed by atoms with Gasteiger partial charge in [0.15, 0.2) is 0 Å². The zero-order valence-corrected chi connectivity index (χ0v) is 10.7. The zero-order valence-electron chi connectivity index (χ0n) is 10.7. The van der Waals surface area contributed by atoms with Crippen LogP contribution in [0.1, 0.15) is 57.8 Å². The summed E-state index contributed by atoms with van der Waals surface area (Å²) in [5, 5.41) is 14.4. The van der Waals surface area contributed by atoms with E-state index in [-0.39, 0.29) is 6.04 Å². The molecule has 0 radical (unpaired) electrons. The van der Waals surface area contributed by atoms with Gasteiger partial charge in [0.25, 0.3) is 0 Å². The maximum absolute atomic E-state index is 10.8. The largest absolute Gasteiger partial charge is 0.388 e. The Balaban J connectivity index is 1.61. The first kappa shape index (κ1) is 11.9. The van der Waals surface area contributed by atoms with Crippen LogP contribution >= 0.6 is 0 Å². The van der Waals surface area contributed by atoms with Crippen LogP contribution in [0.15, 0.2) is 0 Å². The van der Waals surface area contributed by atoms with Crippen LogP contribution < -0.4 is 11.1 Å². The second kappa shape index (κ2) is 4.52. The lowest BCUT2D eigenvalue weighted by molar-refractivity contribution is -0.0343. The van der Waals surface area contributed by atoms with Crippen molar-refractivity contribution in [1.29, 1.82) is 0 Å². The Labute approximate surface area is 104 Å². The Kier molecular flexibility index (Phi) is 3.18. The van der Waals surface area contributed by atoms with Crippen LogP contribution in [-0.2, 0) is 0 Å². The van der Waals surface area contributed by atoms with Crippen molar-refractivity contribution in [1.82, 2.24) is 5.32 Å². The van der Waals surface area contributed by atoms with E-state index in [0.29, 0.717) is 12.1 Å². The van der Waals surface area contributed by atoms with Gasteiger partial charge in [-0.2, -0.15) is 0 Å². The third kappa shape index (κ3) is 2.38. The van der Waals surface area contributed by atoms with Crippen molar-refractivity contribution in [3.63, 3.8) is 0 Å². The fourth-order valence-corrected chi connectivity index (χ4v) is 4.29. The molecule has 0 aromatic rings. The van der Waals surface area contributed by atoms with Gasteiger partial charge < -0.3 is 16.2 Å². The van der Waals surface area contributed by atoms with E-state index in [0.717, 1.165) is 25.2 Å². The number of nitrogens with one attached hydrogen (secondary N) is 1. The van der Waals surface area contributed by atoms with Crippen LogP contribution in [0.4, 0.5) is 0 Å². The average Bonchev–Trinajstić information content (AvgIpc) is 2.89. The van der Waals surface area contributed by atoms with E-state index < -0.39 is 5.60 Å². The van der Waals surface area contributed by atoms with Gasteiger partial charge in [0.2, 0.25) is 0 Å². The molecule has 2 bridgehead atoms. The van der Waals surface area contributed by atoms with E-state index in [9.17, 15) is 5.11 Å². The van der Waals surface area contributed by atoms with Crippen LogP contribution in [-0.4, -0.2) is 28.8 Å². The highest BCUT2D eigenvalue weighted by atomic mass is 16.3. The molecule has 1 aliphatic carbocycles. The number of nitrogens with two attached hydrogens (primary N) is 1. The average molecular weight is 238 g/mol. The van der Waals surface area contributed by atoms with E-state index in [1.807, 2.05) is 0 Å². The minimum Gasteiger partial charge on any atom is -0.388 e.